The van der Waals surface area contributed by atoms with Crippen LogP contribution >= 0.6 is 0 Å². The van der Waals surface area contributed by atoms with Crippen LogP contribution < -0.4 is 5.32 Å². The van der Waals surface area contributed by atoms with Crippen molar-refractivity contribution >= 4 is 17.7 Å². The van der Waals surface area contributed by atoms with Crippen LogP contribution in [0.1, 0.15) is 30.7 Å². The number of amides is 1. The summed E-state index contributed by atoms with van der Waals surface area (Å²) in [5, 5.41) is 14.7. The van der Waals surface area contributed by atoms with Crippen molar-refractivity contribution in [2.45, 2.75) is 26.3 Å². The van der Waals surface area contributed by atoms with Crippen LogP contribution in [0.5, 0.6) is 0 Å². The topological polar surface area (TPSA) is 104 Å². The predicted octanol–water partition coefficient (Wildman–Crippen LogP) is 1.79. The van der Waals surface area contributed by atoms with Gasteiger partial charge in [0.25, 0.3) is 0 Å². The van der Waals surface area contributed by atoms with Crippen LogP contribution in [-0.4, -0.2) is 23.5 Å². The van der Waals surface area contributed by atoms with Crippen LogP contribution in [0.2, 0.25) is 0 Å². The number of ether oxygens (including phenoxy) is 1. The first-order valence-corrected chi connectivity index (χ1v) is 6.47. The molecule has 108 valence electrons. The molecule has 1 amide bonds. The number of rotatable bonds is 4. The van der Waals surface area contributed by atoms with Gasteiger partial charge in [0.1, 0.15) is 17.5 Å². The van der Waals surface area contributed by atoms with E-state index < -0.39 is 6.04 Å². The van der Waals surface area contributed by atoms with Crippen molar-refractivity contribution in [1.82, 2.24) is 10.3 Å². The minimum Gasteiger partial charge on any atom is -0.496 e. The van der Waals surface area contributed by atoms with Crippen molar-refractivity contribution in [2.75, 3.05) is 6.61 Å². The Balaban J connectivity index is 2.52. The van der Waals surface area contributed by atoms with E-state index in [1.807, 2.05) is 13.0 Å². The van der Waals surface area contributed by atoms with Gasteiger partial charge in [-0.05, 0) is 12.1 Å². The van der Waals surface area contributed by atoms with Crippen LogP contribution in [0.25, 0.3) is 6.08 Å². The van der Waals surface area contributed by atoms with Gasteiger partial charge in [-0.15, -0.1) is 4.91 Å². The van der Waals surface area contributed by atoms with Crippen LogP contribution in [0, 0.1) is 16.2 Å². The van der Waals surface area contributed by atoms with Crippen molar-refractivity contribution < 1.29 is 9.53 Å². The number of nitriles is 1. The summed E-state index contributed by atoms with van der Waals surface area (Å²) < 4.78 is 5.52. The number of carbonyl (C=O) groups excluding carboxylic acids is 1. The number of aromatic nitrogens is 1. The number of hydrogen-bond donors (Lipinski definition) is 1. The summed E-state index contributed by atoms with van der Waals surface area (Å²) in [5.41, 5.74) is 1.28. The van der Waals surface area contributed by atoms with Gasteiger partial charge in [0.05, 0.1) is 23.9 Å². The third kappa shape index (κ3) is 2.89. The fraction of sp³-hybridized carbons (Fsp3) is 0.357. The maximum Gasteiger partial charge on any atom is 0.217 e. The van der Waals surface area contributed by atoms with Crippen molar-refractivity contribution in [3.05, 3.63) is 33.7 Å². The van der Waals surface area contributed by atoms with Gasteiger partial charge in [0.2, 0.25) is 5.91 Å². The molecule has 0 aromatic carbocycles. The highest BCUT2D eigenvalue weighted by molar-refractivity contribution is 5.75. The Hall–Kier alpha value is -2.75. The highest BCUT2D eigenvalue weighted by Gasteiger charge is 2.28. The number of carbonyl (C=O) groups is 1. The van der Waals surface area contributed by atoms with Crippen molar-refractivity contribution in [2.24, 2.45) is 5.18 Å². The lowest BCUT2D eigenvalue weighted by Crippen LogP contribution is -2.39. The maximum atomic E-state index is 11.3. The molecule has 0 spiro atoms. The van der Waals surface area contributed by atoms with E-state index in [1.165, 1.54) is 13.1 Å². The number of nitroso groups, excluding NO2 is 1. The Kier molecular flexibility index (Phi) is 4.28. The maximum absolute atomic E-state index is 11.3. The molecule has 7 heteroatoms. The molecule has 0 radical (unpaired) electrons. The molecule has 1 unspecified atom stereocenters. The first-order valence-electron chi connectivity index (χ1n) is 6.47. The van der Waals surface area contributed by atoms with Gasteiger partial charge in [-0.25, -0.2) is 0 Å². The largest absolute Gasteiger partial charge is 0.496 e. The zero-order chi connectivity index (χ0) is 15.4. The molecular weight excluding hydrogens is 272 g/mol. The fourth-order valence-electron chi connectivity index (χ4n) is 2.29. The highest BCUT2D eigenvalue weighted by Crippen LogP contribution is 2.33. The smallest absolute Gasteiger partial charge is 0.217 e. The normalized spacial score (nSPS) is 16.2. The molecule has 2 rings (SSSR count). The van der Waals surface area contributed by atoms with Crippen LogP contribution in [0.4, 0.5) is 5.69 Å². The van der Waals surface area contributed by atoms with Gasteiger partial charge in [-0.3, -0.25) is 9.78 Å². The number of fused-ring (bicyclic) bond motifs is 1. The molecule has 1 aromatic heterocycles. The first-order chi connectivity index (χ1) is 10.1. The lowest BCUT2D eigenvalue weighted by atomic mass is 9.93. The second-order valence-corrected chi connectivity index (χ2v) is 4.52. The number of pyridine rings is 1. The van der Waals surface area contributed by atoms with Gasteiger partial charge < -0.3 is 10.1 Å². The van der Waals surface area contributed by atoms with E-state index in [0.717, 1.165) is 0 Å². The fourth-order valence-corrected chi connectivity index (χ4v) is 2.29. The predicted molar refractivity (Wildman–Crippen MR) is 75.3 cm³/mol. The van der Waals surface area contributed by atoms with Gasteiger partial charge in [0.15, 0.2) is 0 Å². The SMILES string of the molecule is CCOC1=Cc2ncc(C#N)c(N=O)c2CC1NC(C)=O. The summed E-state index contributed by atoms with van der Waals surface area (Å²) in [7, 11) is 0. The summed E-state index contributed by atoms with van der Waals surface area (Å²) in [6.07, 6.45) is 3.29. The minimum absolute atomic E-state index is 0.0738. The third-order valence-corrected chi connectivity index (χ3v) is 3.11. The molecule has 1 N–H and O–H groups in total. The Morgan fingerprint density at radius 2 is 2.43 bits per heavy atom. The van der Waals surface area contributed by atoms with Crippen LogP contribution in [-0.2, 0) is 16.0 Å². The van der Waals surface area contributed by atoms with Crippen molar-refractivity contribution in [3.63, 3.8) is 0 Å². The average molecular weight is 286 g/mol. The van der Waals surface area contributed by atoms with Gasteiger partial charge in [-0.1, -0.05) is 0 Å². The Labute approximate surface area is 121 Å². The molecule has 0 fully saturated rings. The molecular formula is C14H14N4O3. The molecule has 21 heavy (non-hydrogen) atoms. The monoisotopic (exact) mass is 286 g/mol. The van der Waals surface area contributed by atoms with E-state index in [9.17, 15) is 9.70 Å². The molecule has 7 nitrogen and oxygen atoms in total. The Morgan fingerprint density at radius 1 is 1.67 bits per heavy atom. The van der Waals surface area contributed by atoms with E-state index in [4.69, 9.17) is 10.00 Å². The van der Waals surface area contributed by atoms with E-state index in [-0.39, 0.29) is 17.2 Å². The number of hydrogen-bond acceptors (Lipinski definition) is 6. The lowest BCUT2D eigenvalue weighted by Gasteiger charge is -2.26. The van der Waals surface area contributed by atoms with E-state index in [0.29, 0.717) is 30.0 Å². The third-order valence-electron chi connectivity index (χ3n) is 3.11. The second kappa shape index (κ2) is 6.13. The average Bonchev–Trinajstić information content (AvgIpc) is 2.46. The van der Waals surface area contributed by atoms with Gasteiger partial charge in [0, 0.05) is 31.2 Å². The number of nitrogens with one attached hydrogen (secondary N) is 1. The Bertz CT molecular complexity index is 661. The summed E-state index contributed by atoms with van der Waals surface area (Å²) in [6.45, 7) is 3.69. The van der Waals surface area contributed by atoms with E-state index >= 15 is 0 Å². The van der Waals surface area contributed by atoms with Gasteiger partial charge >= 0.3 is 0 Å². The molecule has 0 aliphatic heterocycles. The standard InChI is InChI=1S/C14H14N4O3/c1-3-21-13-5-11-10(4-12(13)17-8(2)19)14(18-20)9(6-15)7-16-11/h5,7,12H,3-4H2,1-2H3,(H,17,19). The summed E-state index contributed by atoms with van der Waals surface area (Å²) >= 11 is 0. The molecule has 1 atom stereocenters. The number of nitrogens with zero attached hydrogens (tertiary/aromatic N) is 3. The molecule has 1 aromatic rings. The second-order valence-electron chi connectivity index (χ2n) is 4.52. The molecule has 0 saturated carbocycles. The van der Waals surface area contributed by atoms with Crippen molar-refractivity contribution in [1.29, 1.82) is 5.26 Å². The summed E-state index contributed by atoms with van der Waals surface area (Å²) in [5.74, 6) is 0.369. The quantitative estimate of drug-likeness (QED) is 0.849. The Morgan fingerprint density at radius 3 is 3.00 bits per heavy atom. The summed E-state index contributed by atoms with van der Waals surface area (Å²) in [6, 6.07) is 1.50. The zero-order valence-corrected chi connectivity index (χ0v) is 11.7. The molecule has 1 aliphatic rings. The van der Waals surface area contributed by atoms with Crippen LogP contribution in [0.15, 0.2) is 17.1 Å². The molecule has 0 saturated heterocycles. The van der Waals surface area contributed by atoms with Crippen LogP contribution in [0.3, 0.4) is 0 Å². The first kappa shape index (κ1) is 14.7. The van der Waals surface area contributed by atoms with E-state index in [1.54, 1.807) is 6.08 Å². The lowest BCUT2D eigenvalue weighted by molar-refractivity contribution is -0.119. The van der Waals surface area contributed by atoms with E-state index in [2.05, 4.69) is 15.5 Å². The molecule has 0 bridgehead atoms. The highest BCUT2D eigenvalue weighted by atomic mass is 16.5. The van der Waals surface area contributed by atoms with Gasteiger partial charge in [-0.2, -0.15) is 5.26 Å². The molecule has 1 aliphatic carbocycles. The molecule has 1 heterocycles. The van der Waals surface area contributed by atoms with Crippen molar-refractivity contribution in [3.8, 4) is 6.07 Å². The minimum atomic E-state index is -0.397. The zero-order valence-electron chi connectivity index (χ0n) is 11.7. The summed E-state index contributed by atoms with van der Waals surface area (Å²) in [4.78, 5) is 26.5.